The van der Waals surface area contributed by atoms with Crippen molar-refractivity contribution in [2.24, 2.45) is 10.1 Å². The van der Waals surface area contributed by atoms with E-state index in [0.29, 0.717) is 0 Å². The van der Waals surface area contributed by atoms with Crippen molar-refractivity contribution in [3.8, 4) is 10.6 Å². The summed E-state index contributed by atoms with van der Waals surface area (Å²) in [5.74, 6) is 0. The normalized spacial score (nSPS) is 12.1. The van der Waals surface area contributed by atoms with E-state index >= 15 is 0 Å². The molecule has 0 aliphatic heterocycles. The largest absolute Gasteiger partial charge is 0.262 e. The van der Waals surface area contributed by atoms with E-state index in [1.54, 1.807) is 47.5 Å². The van der Waals surface area contributed by atoms with Crippen LogP contribution in [0.3, 0.4) is 0 Å². The minimum Gasteiger partial charge on any atom is -0.262 e. The lowest BCUT2D eigenvalue weighted by Gasteiger charge is -2.00. The molecule has 0 fully saturated rings. The lowest BCUT2D eigenvalue weighted by molar-refractivity contribution is 0.855. The molecule has 0 bridgehead atoms. The van der Waals surface area contributed by atoms with Crippen LogP contribution in [0, 0.1) is 0 Å². The van der Waals surface area contributed by atoms with Crippen LogP contribution in [0.2, 0.25) is 0 Å². The highest BCUT2D eigenvalue weighted by Crippen LogP contribution is 2.25. The van der Waals surface area contributed by atoms with E-state index in [0.717, 1.165) is 26.8 Å². The molecule has 0 saturated heterocycles. The summed E-state index contributed by atoms with van der Waals surface area (Å²) in [5, 5.41) is 8.74. The van der Waals surface area contributed by atoms with E-state index in [-0.39, 0.29) is 0 Å². The van der Waals surface area contributed by atoms with Gasteiger partial charge in [0.2, 0.25) is 4.80 Å². The van der Waals surface area contributed by atoms with Crippen LogP contribution >= 0.6 is 22.7 Å². The van der Waals surface area contributed by atoms with E-state index in [2.05, 4.69) is 36.9 Å². The predicted molar refractivity (Wildman–Crippen MR) is 102 cm³/mol. The lowest BCUT2D eigenvalue weighted by atomic mass is 10.4. The monoisotopic (exact) mass is 363 g/mol. The first-order valence-electron chi connectivity index (χ1n) is 7.55. The molecule has 4 aromatic rings. The van der Waals surface area contributed by atoms with Crippen molar-refractivity contribution in [2.45, 2.75) is 0 Å². The first-order chi connectivity index (χ1) is 12.4. The standard InChI is InChI=1S/C18H13N5S2/c1-2-9-20-14(5-1)12-21-23-16(17-7-4-10-24-17)13-25-18(23)22-15-6-3-8-19-11-15/h1-13H. The first-order valence-corrected chi connectivity index (χ1v) is 9.31. The van der Waals surface area contributed by atoms with E-state index in [4.69, 9.17) is 0 Å². The molecular formula is C18H13N5S2. The Morgan fingerprint density at radius 2 is 2.00 bits per heavy atom. The minimum absolute atomic E-state index is 0.781. The fourth-order valence-electron chi connectivity index (χ4n) is 2.18. The topological polar surface area (TPSA) is 55.4 Å². The zero-order valence-corrected chi connectivity index (χ0v) is 14.7. The molecule has 25 heavy (non-hydrogen) atoms. The van der Waals surface area contributed by atoms with Gasteiger partial charge in [0.25, 0.3) is 0 Å². The van der Waals surface area contributed by atoms with Gasteiger partial charge in [0.1, 0.15) is 0 Å². The fourth-order valence-corrected chi connectivity index (χ4v) is 3.83. The Kier molecular flexibility index (Phi) is 4.58. The average Bonchev–Trinajstić information content (AvgIpc) is 3.31. The molecule has 0 N–H and O–H groups in total. The van der Waals surface area contributed by atoms with E-state index in [1.807, 2.05) is 41.1 Å². The highest BCUT2D eigenvalue weighted by atomic mass is 32.1. The number of rotatable bonds is 4. The zero-order valence-electron chi connectivity index (χ0n) is 13.1. The van der Waals surface area contributed by atoms with Gasteiger partial charge in [-0.1, -0.05) is 12.1 Å². The van der Waals surface area contributed by atoms with Gasteiger partial charge in [-0.05, 0) is 35.7 Å². The van der Waals surface area contributed by atoms with Crippen molar-refractivity contribution < 1.29 is 0 Å². The maximum atomic E-state index is 4.67. The Morgan fingerprint density at radius 3 is 2.76 bits per heavy atom. The molecular weight excluding hydrogens is 350 g/mol. The van der Waals surface area contributed by atoms with Gasteiger partial charge in [-0.2, -0.15) is 5.10 Å². The minimum atomic E-state index is 0.781. The Bertz CT molecular complexity index is 1030. The van der Waals surface area contributed by atoms with Gasteiger partial charge < -0.3 is 0 Å². The third kappa shape index (κ3) is 3.62. The molecule has 4 rings (SSSR count). The Morgan fingerprint density at radius 1 is 1.00 bits per heavy atom. The van der Waals surface area contributed by atoms with Crippen molar-refractivity contribution in [1.29, 1.82) is 0 Å². The second-order valence-corrected chi connectivity index (χ2v) is 6.80. The Hall–Kier alpha value is -2.90. The molecule has 0 aromatic carbocycles. The third-order valence-corrected chi connectivity index (χ3v) is 5.03. The summed E-state index contributed by atoms with van der Waals surface area (Å²) < 4.78 is 1.85. The molecule has 0 radical (unpaired) electrons. The molecule has 7 heteroatoms. The Balaban J connectivity index is 1.83. The third-order valence-electron chi connectivity index (χ3n) is 3.32. The summed E-state index contributed by atoms with van der Waals surface area (Å²) in [4.78, 5) is 15.0. The number of pyridine rings is 2. The molecule has 0 aliphatic rings. The maximum absolute atomic E-state index is 4.67. The van der Waals surface area contributed by atoms with Gasteiger partial charge in [-0.15, -0.1) is 22.7 Å². The van der Waals surface area contributed by atoms with Crippen molar-refractivity contribution in [1.82, 2.24) is 14.6 Å². The van der Waals surface area contributed by atoms with Crippen molar-refractivity contribution in [3.05, 3.63) is 82.3 Å². The van der Waals surface area contributed by atoms with Gasteiger partial charge in [-0.25, -0.2) is 9.67 Å². The van der Waals surface area contributed by atoms with Gasteiger partial charge >= 0.3 is 0 Å². The molecule has 0 aliphatic carbocycles. The summed E-state index contributed by atoms with van der Waals surface area (Å²) in [7, 11) is 0. The van der Waals surface area contributed by atoms with Crippen LogP contribution in [0.15, 0.2) is 81.9 Å². The summed E-state index contributed by atoms with van der Waals surface area (Å²) in [6.07, 6.45) is 6.96. The van der Waals surface area contributed by atoms with Crippen molar-refractivity contribution >= 4 is 34.6 Å². The van der Waals surface area contributed by atoms with Gasteiger partial charge in [0, 0.05) is 17.8 Å². The summed E-state index contributed by atoms with van der Waals surface area (Å²) in [6, 6.07) is 13.6. The second-order valence-electron chi connectivity index (χ2n) is 5.01. The SMILES string of the molecule is C(=Nn1c(-c2cccs2)csc1=Nc1cccnc1)c1ccccn1. The highest BCUT2D eigenvalue weighted by Gasteiger charge is 2.08. The fraction of sp³-hybridized carbons (Fsp3) is 0. The second kappa shape index (κ2) is 7.33. The molecule has 5 nitrogen and oxygen atoms in total. The van der Waals surface area contributed by atoms with E-state index < -0.39 is 0 Å². The number of aromatic nitrogens is 3. The van der Waals surface area contributed by atoms with E-state index in [1.165, 1.54) is 0 Å². The van der Waals surface area contributed by atoms with Gasteiger partial charge in [0.05, 0.1) is 34.4 Å². The molecule has 0 atom stereocenters. The summed E-state index contributed by atoms with van der Waals surface area (Å²) in [5.41, 5.74) is 2.60. The maximum Gasteiger partial charge on any atom is 0.211 e. The number of hydrogen-bond donors (Lipinski definition) is 0. The highest BCUT2D eigenvalue weighted by molar-refractivity contribution is 7.14. The number of hydrogen-bond acceptors (Lipinski definition) is 6. The summed E-state index contributed by atoms with van der Waals surface area (Å²) >= 11 is 3.22. The number of thiophene rings is 1. The lowest BCUT2D eigenvalue weighted by Crippen LogP contribution is -2.11. The summed E-state index contributed by atoms with van der Waals surface area (Å²) in [6.45, 7) is 0. The molecule has 0 saturated carbocycles. The molecule has 0 amide bonds. The van der Waals surface area contributed by atoms with Crippen LogP contribution in [0.5, 0.6) is 0 Å². The van der Waals surface area contributed by atoms with Crippen molar-refractivity contribution in [2.75, 3.05) is 0 Å². The van der Waals surface area contributed by atoms with Crippen LogP contribution in [-0.2, 0) is 0 Å². The van der Waals surface area contributed by atoms with Gasteiger partial charge in [-0.3, -0.25) is 9.97 Å². The van der Waals surface area contributed by atoms with E-state index in [9.17, 15) is 0 Å². The predicted octanol–water partition coefficient (Wildman–Crippen LogP) is 4.18. The zero-order chi connectivity index (χ0) is 16.9. The molecule has 0 spiro atoms. The van der Waals surface area contributed by atoms with Crippen LogP contribution in [0.25, 0.3) is 10.6 Å². The molecule has 0 unspecified atom stereocenters. The first kappa shape index (κ1) is 15.6. The van der Waals surface area contributed by atoms with Crippen molar-refractivity contribution in [3.63, 3.8) is 0 Å². The molecule has 122 valence electrons. The van der Waals surface area contributed by atoms with Crippen LogP contribution in [-0.4, -0.2) is 20.9 Å². The van der Waals surface area contributed by atoms with Crippen LogP contribution in [0.4, 0.5) is 5.69 Å². The number of nitrogens with zero attached hydrogens (tertiary/aromatic N) is 5. The molecule has 4 aromatic heterocycles. The quantitative estimate of drug-likeness (QED) is 0.511. The number of thiazole rings is 1. The van der Waals surface area contributed by atoms with Gasteiger partial charge in [0.15, 0.2) is 0 Å². The Labute approximate surface area is 152 Å². The van der Waals surface area contributed by atoms with Crippen LogP contribution < -0.4 is 4.80 Å². The smallest absolute Gasteiger partial charge is 0.211 e. The average molecular weight is 363 g/mol. The van der Waals surface area contributed by atoms with Crippen LogP contribution in [0.1, 0.15) is 5.69 Å². The molecule has 4 heterocycles.